The summed E-state index contributed by atoms with van der Waals surface area (Å²) in [6.07, 6.45) is 1.27. The van der Waals surface area contributed by atoms with Crippen LogP contribution in [0.3, 0.4) is 0 Å². The molecular weight excluding hydrogens is 296 g/mol. The molecule has 1 heterocycles. The highest BCUT2D eigenvalue weighted by atomic mass is 35.5. The molecule has 1 aromatic carbocycles. The first kappa shape index (κ1) is 13.1. The van der Waals surface area contributed by atoms with Gasteiger partial charge < -0.3 is 5.11 Å². The van der Waals surface area contributed by atoms with E-state index in [1.165, 1.54) is 12.3 Å². The third kappa shape index (κ3) is 2.58. The molecule has 3 nitrogen and oxygen atoms in total. The third-order valence-electron chi connectivity index (χ3n) is 2.29. The van der Waals surface area contributed by atoms with E-state index in [0.717, 1.165) is 0 Å². The molecule has 0 aliphatic carbocycles. The van der Waals surface area contributed by atoms with Gasteiger partial charge in [-0.15, -0.1) is 0 Å². The molecular formula is C12H6Cl3NO2. The van der Waals surface area contributed by atoms with Crippen molar-refractivity contribution in [3.63, 3.8) is 0 Å². The van der Waals surface area contributed by atoms with E-state index in [0.29, 0.717) is 21.3 Å². The number of hydrogen-bond donors (Lipinski definition) is 1. The Balaban J connectivity index is 2.46. The quantitative estimate of drug-likeness (QED) is 0.836. The molecule has 0 aliphatic heterocycles. The van der Waals surface area contributed by atoms with Crippen molar-refractivity contribution in [2.24, 2.45) is 0 Å². The summed E-state index contributed by atoms with van der Waals surface area (Å²) >= 11 is 17.7. The summed E-state index contributed by atoms with van der Waals surface area (Å²) in [5.74, 6) is -1.03. The molecule has 0 saturated carbocycles. The number of carboxylic acids is 1. The van der Waals surface area contributed by atoms with Crippen LogP contribution in [0.15, 0.2) is 30.5 Å². The maximum Gasteiger partial charge on any atom is 0.337 e. The largest absolute Gasteiger partial charge is 0.478 e. The van der Waals surface area contributed by atoms with Crippen molar-refractivity contribution in [1.29, 1.82) is 0 Å². The van der Waals surface area contributed by atoms with Gasteiger partial charge in [0.05, 0.1) is 26.3 Å². The molecule has 0 fully saturated rings. The van der Waals surface area contributed by atoms with E-state index in [1.807, 2.05) is 0 Å². The summed E-state index contributed by atoms with van der Waals surface area (Å²) in [4.78, 5) is 14.7. The first-order valence-electron chi connectivity index (χ1n) is 4.83. The van der Waals surface area contributed by atoms with E-state index in [4.69, 9.17) is 39.9 Å². The average molecular weight is 303 g/mol. The first-order chi connectivity index (χ1) is 8.49. The number of aromatic carboxylic acids is 1. The molecule has 2 rings (SSSR count). The van der Waals surface area contributed by atoms with Crippen molar-refractivity contribution >= 4 is 40.8 Å². The highest BCUT2D eigenvalue weighted by Crippen LogP contribution is 2.34. The van der Waals surface area contributed by atoms with Crippen LogP contribution < -0.4 is 0 Å². The van der Waals surface area contributed by atoms with Crippen LogP contribution in [0.25, 0.3) is 11.3 Å². The van der Waals surface area contributed by atoms with Crippen LogP contribution in [0.2, 0.25) is 15.1 Å². The number of nitrogens with zero attached hydrogens (tertiary/aromatic N) is 1. The molecule has 0 unspecified atom stereocenters. The van der Waals surface area contributed by atoms with Crippen LogP contribution in [0.1, 0.15) is 10.4 Å². The number of pyridine rings is 1. The summed E-state index contributed by atoms with van der Waals surface area (Å²) in [6.45, 7) is 0. The van der Waals surface area contributed by atoms with E-state index in [9.17, 15) is 4.79 Å². The van der Waals surface area contributed by atoms with Gasteiger partial charge in [-0.2, -0.15) is 0 Å². The summed E-state index contributed by atoms with van der Waals surface area (Å²) < 4.78 is 0. The molecule has 0 amide bonds. The number of benzene rings is 1. The topological polar surface area (TPSA) is 50.2 Å². The van der Waals surface area contributed by atoms with Gasteiger partial charge in [0.1, 0.15) is 0 Å². The summed E-state index contributed by atoms with van der Waals surface area (Å²) in [6, 6.07) is 6.29. The molecule has 6 heteroatoms. The monoisotopic (exact) mass is 301 g/mol. The summed E-state index contributed by atoms with van der Waals surface area (Å²) in [5.41, 5.74) is 1.36. The molecule has 0 aliphatic rings. The van der Waals surface area contributed by atoms with Crippen molar-refractivity contribution in [3.8, 4) is 11.3 Å². The molecule has 1 aromatic heterocycles. The van der Waals surface area contributed by atoms with E-state index >= 15 is 0 Å². The standard InChI is InChI=1S/C12H6Cl3NO2/c13-8-3-7(4-9(14)11(8)15)10-2-1-6(5-16-10)12(17)18/h1-5H,(H,17,18). The number of aromatic nitrogens is 1. The van der Waals surface area contributed by atoms with Crippen LogP contribution in [-0.4, -0.2) is 16.1 Å². The van der Waals surface area contributed by atoms with Crippen LogP contribution in [0.5, 0.6) is 0 Å². The van der Waals surface area contributed by atoms with Crippen molar-refractivity contribution in [1.82, 2.24) is 4.98 Å². The van der Waals surface area contributed by atoms with Crippen molar-refractivity contribution < 1.29 is 9.90 Å². The fraction of sp³-hybridized carbons (Fsp3) is 0. The molecule has 0 bridgehead atoms. The zero-order chi connectivity index (χ0) is 13.3. The van der Waals surface area contributed by atoms with Gasteiger partial charge in [0.25, 0.3) is 0 Å². The van der Waals surface area contributed by atoms with Gasteiger partial charge in [0.2, 0.25) is 0 Å². The summed E-state index contributed by atoms with van der Waals surface area (Å²) in [5, 5.41) is 9.70. The molecule has 0 saturated heterocycles. The number of carboxylic acid groups (broad SMARTS) is 1. The Bertz CT molecular complexity index is 588. The second-order valence-electron chi connectivity index (χ2n) is 3.49. The second-order valence-corrected chi connectivity index (χ2v) is 4.68. The minimum absolute atomic E-state index is 0.116. The minimum Gasteiger partial charge on any atom is -0.478 e. The lowest BCUT2D eigenvalue weighted by molar-refractivity contribution is 0.0696. The van der Waals surface area contributed by atoms with E-state index in [1.54, 1.807) is 18.2 Å². The van der Waals surface area contributed by atoms with Gasteiger partial charge >= 0.3 is 5.97 Å². The molecule has 92 valence electrons. The normalized spacial score (nSPS) is 10.4. The van der Waals surface area contributed by atoms with Gasteiger partial charge in [-0.25, -0.2) is 4.79 Å². The zero-order valence-corrected chi connectivity index (χ0v) is 11.1. The molecule has 0 radical (unpaired) electrons. The maximum atomic E-state index is 10.7. The van der Waals surface area contributed by atoms with Crippen LogP contribution in [0, 0.1) is 0 Å². The van der Waals surface area contributed by atoms with E-state index in [2.05, 4.69) is 4.98 Å². The van der Waals surface area contributed by atoms with Crippen molar-refractivity contribution in [2.75, 3.05) is 0 Å². The Morgan fingerprint density at radius 3 is 2.17 bits per heavy atom. The highest BCUT2D eigenvalue weighted by Gasteiger charge is 2.09. The van der Waals surface area contributed by atoms with Crippen LogP contribution in [0.4, 0.5) is 0 Å². The van der Waals surface area contributed by atoms with Gasteiger partial charge in [0, 0.05) is 11.8 Å². The maximum absolute atomic E-state index is 10.7. The molecule has 2 aromatic rings. The average Bonchev–Trinajstić information content (AvgIpc) is 2.35. The zero-order valence-electron chi connectivity index (χ0n) is 8.82. The van der Waals surface area contributed by atoms with Gasteiger partial charge in [-0.3, -0.25) is 4.98 Å². The SMILES string of the molecule is O=C(O)c1ccc(-c2cc(Cl)c(Cl)c(Cl)c2)nc1. The smallest absolute Gasteiger partial charge is 0.337 e. The lowest BCUT2D eigenvalue weighted by Gasteiger charge is -2.05. The van der Waals surface area contributed by atoms with Crippen LogP contribution in [-0.2, 0) is 0 Å². The second kappa shape index (κ2) is 5.14. The van der Waals surface area contributed by atoms with Gasteiger partial charge in [-0.1, -0.05) is 34.8 Å². The molecule has 0 atom stereocenters. The molecule has 0 spiro atoms. The first-order valence-corrected chi connectivity index (χ1v) is 5.96. The molecule has 18 heavy (non-hydrogen) atoms. The fourth-order valence-electron chi connectivity index (χ4n) is 1.39. The highest BCUT2D eigenvalue weighted by molar-refractivity contribution is 6.48. The predicted octanol–water partition coefficient (Wildman–Crippen LogP) is 4.41. The van der Waals surface area contributed by atoms with Crippen molar-refractivity contribution in [2.45, 2.75) is 0 Å². The lowest BCUT2D eigenvalue weighted by Crippen LogP contribution is -1.97. The minimum atomic E-state index is -1.03. The number of carbonyl (C=O) groups is 1. The summed E-state index contributed by atoms with van der Waals surface area (Å²) in [7, 11) is 0. The van der Waals surface area contributed by atoms with Gasteiger partial charge in [-0.05, 0) is 24.3 Å². The Hall–Kier alpha value is -1.29. The van der Waals surface area contributed by atoms with Gasteiger partial charge in [0.15, 0.2) is 0 Å². The predicted molar refractivity (Wildman–Crippen MR) is 71.7 cm³/mol. The van der Waals surface area contributed by atoms with Crippen molar-refractivity contribution in [3.05, 3.63) is 51.1 Å². The van der Waals surface area contributed by atoms with E-state index < -0.39 is 5.97 Å². The number of hydrogen-bond acceptors (Lipinski definition) is 2. The fourth-order valence-corrected chi connectivity index (χ4v) is 1.99. The Kier molecular flexibility index (Phi) is 3.76. The third-order valence-corrected chi connectivity index (χ3v) is 3.49. The number of halogens is 3. The molecule has 1 N–H and O–H groups in total. The van der Waals surface area contributed by atoms with Crippen LogP contribution >= 0.6 is 34.8 Å². The lowest BCUT2D eigenvalue weighted by atomic mass is 10.1. The Morgan fingerprint density at radius 2 is 1.72 bits per heavy atom. The Labute approximate surface area is 118 Å². The van der Waals surface area contributed by atoms with E-state index in [-0.39, 0.29) is 10.6 Å². The number of rotatable bonds is 2. The Morgan fingerprint density at radius 1 is 1.11 bits per heavy atom.